The van der Waals surface area contributed by atoms with Crippen LogP contribution in [0.2, 0.25) is 0 Å². The lowest BCUT2D eigenvalue weighted by atomic mass is 10.00. The molecule has 11 nitrogen and oxygen atoms in total. The highest BCUT2D eigenvalue weighted by molar-refractivity contribution is 7.59. The fourth-order valence-corrected chi connectivity index (χ4v) is 4.92. The van der Waals surface area contributed by atoms with Gasteiger partial charge in [0.25, 0.3) is 5.56 Å². The standard InChI is InChI=1S/C26H17FN10O.H2S/c27-18-6-9-36-22(18)26(38)37(16-4-2-1-3-5-16)24(34-36)19-7-8-35(19)25-21-17(13-31-23(21)32-14-33-25)15-11-29-20(10-28)30-12-15;/h1-6,9,11-14,19H,7-8H2,(H,31,32,33);1H2/t19-;/m0./s1. The van der Waals surface area contributed by atoms with Crippen LogP contribution in [-0.4, -0.2) is 45.6 Å². The average Bonchev–Trinajstić information content (AvgIpc) is 3.53. The van der Waals surface area contributed by atoms with Gasteiger partial charge in [-0.1, -0.05) is 18.2 Å². The van der Waals surface area contributed by atoms with E-state index >= 15 is 0 Å². The largest absolute Gasteiger partial charge is 0.345 e. The van der Waals surface area contributed by atoms with Crippen LogP contribution < -0.4 is 10.5 Å². The van der Waals surface area contributed by atoms with Crippen molar-refractivity contribution in [3.8, 4) is 22.9 Å². The number of para-hydroxylation sites is 1. The summed E-state index contributed by atoms with van der Waals surface area (Å²) in [6, 6.07) is 11.9. The lowest BCUT2D eigenvalue weighted by Crippen LogP contribution is -2.45. The van der Waals surface area contributed by atoms with Gasteiger partial charge in [0.1, 0.15) is 23.9 Å². The van der Waals surface area contributed by atoms with Crippen LogP contribution in [-0.2, 0) is 0 Å². The summed E-state index contributed by atoms with van der Waals surface area (Å²) < 4.78 is 17.3. The second-order valence-corrected chi connectivity index (χ2v) is 8.82. The van der Waals surface area contributed by atoms with Gasteiger partial charge in [0, 0.05) is 42.5 Å². The van der Waals surface area contributed by atoms with E-state index in [0.717, 1.165) is 10.9 Å². The Morgan fingerprint density at radius 1 is 1.08 bits per heavy atom. The number of benzene rings is 1. The summed E-state index contributed by atoms with van der Waals surface area (Å²) in [5.41, 5.74) is 2.10. The van der Waals surface area contributed by atoms with Crippen LogP contribution in [0.25, 0.3) is 33.4 Å². The lowest BCUT2D eigenvalue weighted by Gasteiger charge is -2.42. The van der Waals surface area contributed by atoms with Gasteiger partial charge in [-0.2, -0.15) is 23.9 Å². The molecule has 7 rings (SSSR count). The summed E-state index contributed by atoms with van der Waals surface area (Å²) in [6.07, 6.45) is 8.61. The van der Waals surface area contributed by atoms with Crippen LogP contribution in [0.5, 0.6) is 0 Å². The number of H-pyrrole nitrogens is 1. The highest BCUT2D eigenvalue weighted by Gasteiger charge is 2.37. The Bertz CT molecular complexity index is 1940. The van der Waals surface area contributed by atoms with E-state index in [1.165, 1.54) is 27.7 Å². The first-order valence-corrected chi connectivity index (χ1v) is 11.8. The highest BCUT2D eigenvalue weighted by atomic mass is 32.1. The third-order valence-electron chi connectivity index (χ3n) is 6.78. The molecule has 0 radical (unpaired) electrons. The molecule has 39 heavy (non-hydrogen) atoms. The zero-order valence-electron chi connectivity index (χ0n) is 20.2. The number of nitrogens with one attached hydrogen (secondary N) is 1. The third kappa shape index (κ3) is 3.72. The normalized spacial score (nSPS) is 14.7. The number of halogens is 1. The van der Waals surface area contributed by atoms with Crippen molar-refractivity contribution in [2.75, 3.05) is 11.4 Å². The van der Waals surface area contributed by atoms with Crippen molar-refractivity contribution in [1.29, 1.82) is 5.26 Å². The predicted octanol–water partition coefficient (Wildman–Crippen LogP) is 3.29. The van der Waals surface area contributed by atoms with E-state index in [9.17, 15) is 9.18 Å². The van der Waals surface area contributed by atoms with Crippen molar-refractivity contribution in [3.05, 3.63) is 95.3 Å². The number of anilines is 1. The summed E-state index contributed by atoms with van der Waals surface area (Å²) in [4.78, 5) is 36.0. The van der Waals surface area contributed by atoms with Gasteiger partial charge in [0.15, 0.2) is 17.2 Å². The molecule has 1 N–H and O–H groups in total. The van der Waals surface area contributed by atoms with Crippen LogP contribution in [0.15, 0.2) is 72.3 Å². The zero-order valence-corrected chi connectivity index (χ0v) is 21.2. The highest BCUT2D eigenvalue weighted by Crippen LogP contribution is 2.41. The number of fused-ring (bicyclic) bond motifs is 2. The van der Waals surface area contributed by atoms with Crippen LogP contribution in [0.3, 0.4) is 0 Å². The van der Waals surface area contributed by atoms with E-state index in [0.29, 0.717) is 41.5 Å². The molecule has 1 atom stereocenters. The topological polar surface area (TPSA) is 134 Å². The summed E-state index contributed by atoms with van der Waals surface area (Å²) in [5, 5.41) is 14.5. The van der Waals surface area contributed by atoms with Gasteiger partial charge in [-0.3, -0.25) is 9.36 Å². The van der Waals surface area contributed by atoms with Crippen LogP contribution in [0, 0.1) is 17.1 Å². The summed E-state index contributed by atoms with van der Waals surface area (Å²) in [5.74, 6) is 0.582. The molecule has 1 aliphatic heterocycles. The minimum atomic E-state index is -0.622. The maximum absolute atomic E-state index is 14.5. The summed E-state index contributed by atoms with van der Waals surface area (Å²) >= 11 is 0. The molecule has 0 aliphatic carbocycles. The Morgan fingerprint density at radius 2 is 1.87 bits per heavy atom. The van der Waals surface area contributed by atoms with Crippen molar-refractivity contribution in [2.45, 2.75) is 12.5 Å². The quantitative estimate of drug-likeness (QED) is 0.361. The Balaban J connectivity index is 0.00000277. The number of rotatable bonds is 4. The van der Waals surface area contributed by atoms with Gasteiger partial charge in [-0.15, -0.1) is 0 Å². The van der Waals surface area contributed by atoms with E-state index in [4.69, 9.17) is 10.4 Å². The second kappa shape index (κ2) is 9.34. The van der Waals surface area contributed by atoms with Crippen LogP contribution in [0.4, 0.5) is 10.2 Å². The Labute approximate surface area is 226 Å². The monoisotopic (exact) mass is 538 g/mol. The zero-order chi connectivity index (χ0) is 25.8. The number of aromatic nitrogens is 8. The van der Waals surface area contributed by atoms with Gasteiger partial charge >= 0.3 is 0 Å². The molecule has 0 unspecified atom stereocenters. The molecule has 1 aliphatic rings. The molecule has 6 aromatic rings. The fraction of sp³-hybridized carbons (Fsp3) is 0.115. The first kappa shape index (κ1) is 24.3. The number of nitrogens with zero attached hydrogens (tertiary/aromatic N) is 9. The summed E-state index contributed by atoms with van der Waals surface area (Å²) in [7, 11) is 0. The molecule has 1 saturated heterocycles. The van der Waals surface area contributed by atoms with Crippen molar-refractivity contribution in [2.24, 2.45) is 0 Å². The molecule has 5 aromatic heterocycles. The minimum Gasteiger partial charge on any atom is -0.345 e. The van der Waals surface area contributed by atoms with E-state index in [1.807, 2.05) is 24.3 Å². The third-order valence-corrected chi connectivity index (χ3v) is 6.78. The molecular weight excluding hydrogens is 519 g/mol. The smallest absolute Gasteiger partial charge is 0.285 e. The van der Waals surface area contributed by atoms with Crippen molar-refractivity contribution in [1.82, 2.24) is 39.1 Å². The molecule has 0 spiro atoms. The van der Waals surface area contributed by atoms with Crippen LogP contribution >= 0.6 is 13.5 Å². The lowest BCUT2D eigenvalue weighted by molar-refractivity contribution is 0.424. The Kier molecular flexibility index (Phi) is 5.81. The van der Waals surface area contributed by atoms with E-state index < -0.39 is 11.4 Å². The van der Waals surface area contributed by atoms with E-state index in [2.05, 4.69) is 29.8 Å². The van der Waals surface area contributed by atoms with Crippen LogP contribution in [0.1, 0.15) is 24.1 Å². The van der Waals surface area contributed by atoms with Gasteiger partial charge in [-0.25, -0.2) is 28.8 Å². The predicted molar refractivity (Wildman–Crippen MR) is 145 cm³/mol. The maximum Gasteiger partial charge on any atom is 0.285 e. The number of nitriles is 1. The van der Waals surface area contributed by atoms with Gasteiger partial charge < -0.3 is 9.88 Å². The molecule has 192 valence electrons. The van der Waals surface area contributed by atoms with Crippen molar-refractivity contribution < 1.29 is 4.39 Å². The van der Waals surface area contributed by atoms with Gasteiger partial charge in [-0.05, 0) is 24.6 Å². The molecule has 1 fully saturated rings. The van der Waals surface area contributed by atoms with E-state index in [-0.39, 0.29) is 30.9 Å². The maximum atomic E-state index is 14.5. The Morgan fingerprint density at radius 3 is 2.59 bits per heavy atom. The molecular formula is C26H19FN10OS. The molecule has 13 heteroatoms. The van der Waals surface area contributed by atoms with Gasteiger partial charge in [0.05, 0.1) is 17.1 Å². The molecule has 6 heterocycles. The fourth-order valence-electron chi connectivity index (χ4n) is 4.92. The SMILES string of the molecule is N#Cc1ncc(-c2c[nH]c3ncnc(N4CC[C@H]4c4nn5ccc(F)c5c(=O)n4-c4ccccc4)c23)cn1.S. The molecule has 0 bridgehead atoms. The van der Waals surface area contributed by atoms with Gasteiger partial charge in [0.2, 0.25) is 5.82 Å². The molecule has 0 saturated carbocycles. The average molecular weight is 539 g/mol. The van der Waals surface area contributed by atoms with Crippen molar-refractivity contribution >= 4 is 35.9 Å². The Hall–Kier alpha value is -5.09. The number of hydrogen-bond donors (Lipinski definition) is 1. The first-order chi connectivity index (χ1) is 18.6. The number of hydrogen-bond acceptors (Lipinski definition) is 8. The first-order valence-electron chi connectivity index (χ1n) is 11.8. The van der Waals surface area contributed by atoms with Crippen molar-refractivity contribution in [3.63, 3.8) is 0 Å². The summed E-state index contributed by atoms with van der Waals surface area (Å²) in [6.45, 7) is 0.661. The molecule has 1 aromatic carbocycles. The number of aromatic amines is 1. The second-order valence-electron chi connectivity index (χ2n) is 8.82. The molecule has 0 amide bonds. The van der Waals surface area contributed by atoms with E-state index in [1.54, 1.807) is 30.7 Å². The minimum absolute atomic E-state index is 0.